The second-order valence-electron chi connectivity index (χ2n) is 8.13. The van der Waals surface area contributed by atoms with Crippen LogP contribution in [-0.4, -0.2) is 35.1 Å². The molecule has 2 aromatic carbocycles. The fourth-order valence-electron chi connectivity index (χ4n) is 3.14. The fraction of sp³-hybridized carbons (Fsp3) is 0.318. The summed E-state index contributed by atoms with van der Waals surface area (Å²) in [5, 5.41) is 13.0. The second kappa shape index (κ2) is 8.50. The Morgan fingerprint density at radius 1 is 1.16 bits per heavy atom. The minimum atomic E-state index is -4.79. The van der Waals surface area contributed by atoms with E-state index in [1.54, 1.807) is 34.9 Å². The number of nitrogen functional groups attached to an aromatic ring is 1. The molecule has 166 valence electrons. The van der Waals surface area contributed by atoms with Gasteiger partial charge in [-0.05, 0) is 42.0 Å². The summed E-state index contributed by atoms with van der Waals surface area (Å²) in [5.74, 6) is -0.694. The number of ether oxygens (including phenoxy) is 1. The molecule has 0 bridgehead atoms. The zero-order valence-corrected chi connectivity index (χ0v) is 17.2. The fourth-order valence-corrected chi connectivity index (χ4v) is 3.14. The van der Waals surface area contributed by atoms with Crippen molar-refractivity contribution in [1.29, 1.82) is 0 Å². The number of rotatable bonds is 7. The number of amides is 1. The minimum absolute atomic E-state index is 0.0984. The van der Waals surface area contributed by atoms with E-state index in [0.29, 0.717) is 22.5 Å². The third-order valence-electron chi connectivity index (χ3n) is 4.79. The highest BCUT2D eigenvalue weighted by atomic mass is 19.4. The summed E-state index contributed by atoms with van der Waals surface area (Å²) in [5.41, 5.74) is 7.46. The summed E-state index contributed by atoms with van der Waals surface area (Å²) in [6, 6.07) is 12.5. The Bertz CT molecular complexity index is 1090. The predicted octanol–water partition coefficient (Wildman–Crippen LogP) is 3.92. The maximum Gasteiger partial charge on any atom is 0.573 e. The second-order valence-corrected chi connectivity index (χ2v) is 8.13. The standard InChI is InChI=1S/C22H24F3N3O3/c1-21(2,13-29)12-27-20(30)19-10-15-9-16(26)6-7-18(15)28(19)11-14-4-3-5-17(8-14)31-22(23,24)25/h3-10,29H,11-13,26H2,1-2H3,(H,27,30). The number of anilines is 1. The number of hydrogen-bond donors (Lipinski definition) is 3. The van der Waals surface area contributed by atoms with E-state index in [-0.39, 0.29) is 31.4 Å². The van der Waals surface area contributed by atoms with E-state index in [2.05, 4.69) is 10.1 Å². The third kappa shape index (κ3) is 5.69. The van der Waals surface area contributed by atoms with E-state index in [0.717, 1.165) is 5.39 Å². The molecule has 0 aliphatic carbocycles. The number of aliphatic hydroxyl groups is 1. The van der Waals surface area contributed by atoms with Gasteiger partial charge in [0.1, 0.15) is 11.4 Å². The summed E-state index contributed by atoms with van der Waals surface area (Å²) in [7, 11) is 0. The van der Waals surface area contributed by atoms with Gasteiger partial charge in [0.25, 0.3) is 5.91 Å². The van der Waals surface area contributed by atoms with Crippen LogP contribution in [0.25, 0.3) is 10.9 Å². The predicted molar refractivity (Wildman–Crippen MR) is 112 cm³/mol. The SMILES string of the molecule is CC(C)(CO)CNC(=O)c1cc2cc(N)ccc2n1Cc1cccc(OC(F)(F)F)c1. The van der Waals surface area contributed by atoms with Gasteiger partial charge in [-0.15, -0.1) is 13.2 Å². The molecule has 31 heavy (non-hydrogen) atoms. The number of nitrogens with zero attached hydrogens (tertiary/aromatic N) is 1. The lowest BCUT2D eigenvalue weighted by atomic mass is 9.95. The van der Waals surface area contributed by atoms with Crippen LogP contribution in [0.15, 0.2) is 48.5 Å². The van der Waals surface area contributed by atoms with Crippen LogP contribution >= 0.6 is 0 Å². The Morgan fingerprint density at radius 3 is 2.58 bits per heavy atom. The maximum absolute atomic E-state index is 12.9. The Balaban J connectivity index is 1.96. The normalized spacial score (nSPS) is 12.2. The van der Waals surface area contributed by atoms with Crippen molar-refractivity contribution < 1.29 is 27.8 Å². The van der Waals surface area contributed by atoms with E-state index < -0.39 is 11.8 Å². The largest absolute Gasteiger partial charge is 0.573 e. The molecule has 0 unspecified atom stereocenters. The lowest BCUT2D eigenvalue weighted by Crippen LogP contribution is -2.36. The van der Waals surface area contributed by atoms with Gasteiger partial charge in [-0.2, -0.15) is 0 Å². The monoisotopic (exact) mass is 435 g/mol. The molecule has 0 atom stereocenters. The van der Waals surface area contributed by atoms with E-state index in [1.165, 1.54) is 18.2 Å². The number of carbonyl (C=O) groups excluding carboxylic acids is 1. The molecule has 0 aliphatic heterocycles. The molecular formula is C22H24F3N3O3. The van der Waals surface area contributed by atoms with Gasteiger partial charge >= 0.3 is 6.36 Å². The Kier molecular flexibility index (Phi) is 6.17. The Morgan fingerprint density at radius 2 is 1.90 bits per heavy atom. The summed E-state index contributed by atoms with van der Waals surface area (Å²) >= 11 is 0. The Labute approximate surface area is 177 Å². The molecule has 0 spiro atoms. The number of carbonyl (C=O) groups is 1. The molecule has 0 fully saturated rings. The van der Waals surface area contributed by atoms with Gasteiger partial charge in [0, 0.05) is 41.7 Å². The quantitative estimate of drug-likeness (QED) is 0.491. The average Bonchev–Trinajstić information content (AvgIpc) is 3.02. The number of aliphatic hydroxyl groups excluding tert-OH is 1. The highest BCUT2D eigenvalue weighted by Crippen LogP contribution is 2.27. The summed E-state index contributed by atoms with van der Waals surface area (Å²) < 4.78 is 43.4. The lowest BCUT2D eigenvalue weighted by Gasteiger charge is -2.22. The van der Waals surface area contributed by atoms with Gasteiger partial charge in [0.15, 0.2) is 0 Å². The van der Waals surface area contributed by atoms with Crippen LogP contribution in [0.2, 0.25) is 0 Å². The molecule has 1 amide bonds. The Hall–Kier alpha value is -3.20. The number of fused-ring (bicyclic) bond motifs is 1. The van der Waals surface area contributed by atoms with Crippen molar-refractivity contribution in [2.45, 2.75) is 26.8 Å². The molecule has 3 rings (SSSR count). The van der Waals surface area contributed by atoms with E-state index in [9.17, 15) is 23.1 Å². The third-order valence-corrected chi connectivity index (χ3v) is 4.79. The van der Waals surface area contributed by atoms with Crippen molar-refractivity contribution in [3.05, 3.63) is 59.8 Å². The molecule has 9 heteroatoms. The van der Waals surface area contributed by atoms with Crippen LogP contribution in [0, 0.1) is 5.41 Å². The molecule has 6 nitrogen and oxygen atoms in total. The minimum Gasteiger partial charge on any atom is -0.406 e. The first-order valence-corrected chi connectivity index (χ1v) is 9.60. The number of alkyl halides is 3. The van der Waals surface area contributed by atoms with E-state index in [1.807, 2.05) is 13.8 Å². The summed E-state index contributed by atoms with van der Waals surface area (Å²) in [4.78, 5) is 12.9. The van der Waals surface area contributed by atoms with Crippen LogP contribution in [-0.2, 0) is 6.54 Å². The number of aromatic nitrogens is 1. The molecule has 0 saturated carbocycles. The van der Waals surface area contributed by atoms with Gasteiger partial charge in [0.2, 0.25) is 0 Å². The van der Waals surface area contributed by atoms with Crippen molar-refractivity contribution >= 4 is 22.5 Å². The zero-order chi connectivity index (χ0) is 22.8. The number of hydrogen-bond acceptors (Lipinski definition) is 4. The van der Waals surface area contributed by atoms with E-state index >= 15 is 0 Å². The maximum atomic E-state index is 12.9. The van der Waals surface area contributed by atoms with Gasteiger partial charge in [-0.1, -0.05) is 26.0 Å². The van der Waals surface area contributed by atoms with Crippen LogP contribution in [0.5, 0.6) is 5.75 Å². The van der Waals surface area contributed by atoms with E-state index in [4.69, 9.17) is 5.73 Å². The lowest BCUT2D eigenvalue weighted by molar-refractivity contribution is -0.274. The van der Waals surface area contributed by atoms with Crippen molar-refractivity contribution in [2.24, 2.45) is 5.41 Å². The van der Waals surface area contributed by atoms with Gasteiger partial charge in [-0.3, -0.25) is 4.79 Å². The van der Waals surface area contributed by atoms with Gasteiger partial charge in [0.05, 0.1) is 0 Å². The van der Waals surface area contributed by atoms with Crippen molar-refractivity contribution in [3.63, 3.8) is 0 Å². The molecule has 0 radical (unpaired) electrons. The van der Waals surface area contributed by atoms with Crippen molar-refractivity contribution in [2.75, 3.05) is 18.9 Å². The summed E-state index contributed by atoms with van der Waals surface area (Å²) in [6.45, 7) is 3.93. The smallest absolute Gasteiger partial charge is 0.406 e. The first-order valence-electron chi connectivity index (χ1n) is 9.60. The molecule has 4 N–H and O–H groups in total. The van der Waals surface area contributed by atoms with Crippen LogP contribution in [0.4, 0.5) is 18.9 Å². The van der Waals surface area contributed by atoms with Gasteiger partial charge < -0.3 is 25.5 Å². The number of nitrogens with two attached hydrogens (primary N) is 1. The molecule has 0 saturated heterocycles. The van der Waals surface area contributed by atoms with Gasteiger partial charge in [-0.25, -0.2) is 0 Å². The zero-order valence-electron chi connectivity index (χ0n) is 17.2. The highest BCUT2D eigenvalue weighted by molar-refractivity contribution is 5.99. The average molecular weight is 435 g/mol. The van der Waals surface area contributed by atoms with Crippen LogP contribution in [0.1, 0.15) is 29.9 Å². The molecule has 1 heterocycles. The molecule has 1 aromatic heterocycles. The molecule has 0 aliphatic rings. The van der Waals surface area contributed by atoms with Crippen molar-refractivity contribution in [1.82, 2.24) is 9.88 Å². The molecular weight excluding hydrogens is 411 g/mol. The first kappa shape index (κ1) is 22.5. The van der Waals surface area contributed by atoms with Crippen LogP contribution in [0.3, 0.4) is 0 Å². The number of nitrogens with one attached hydrogen (secondary N) is 1. The van der Waals surface area contributed by atoms with Crippen molar-refractivity contribution in [3.8, 4) is 5.75 Å². The number of halogens is 3. The van der Waals surface area contributed by atoms with Crippen LogP contribution < -0.4 is 15.8 Å². The topological polar surface area (TPSA) is 89.5 Å². The highest BCUT2D eigenvalue weighted by Gasteiger charge is 2.31. The number of benzene rings is 2. The first-order chi connectivity index (χ1) is 14.5. The summed E-state index contributed by atoms with van der Waals surface area (Å²) in [6.07, 6.45) is -4.79. The molecule has 3 aromatic rings.